The first kappa shape index (κ1) is 22.8. The van der Waals surface area contributed by atoms with Crippen LogP contribution in [0.1, 0.15) is 36.5 Å². The van der Waals surface area contributed by atoms with Crippen molar-refractivity contribution in [3.63, 3.8) is 0 Å². The molecule has 0 aromatic heterocycles. The highest BCUT2D eigenvalue weighted by molar-refractivity contribution is 5.90. The van der Waals surface area contributed by atoms with Crippen LogP contribution in [-0.2, 0) is 16.1 Å². The number of benzene rings is 2. The number of likely N-dealkylation sites (N-methyl/N-ethyl adjacent to an activating group) is 1. The van der Waals surface area contributed by atoms with E-state index in [0.717, 1.165) is 22.4 Å². The summed E-state index contributed by atoms with van der Waals surface area (Å²) < 4.78 is 6.00. The number of nitrogens with zero attached hydrogens (tertiary/aromatic N) is 2. The summed E-state index contributed by atoms with van der Waals surface area (Å²) in [6, 6.07) is 15.0. The first-order valence-corrected chi connectivity index (χ1v) is 10.8. The van der Waals surface area contributed by atoms with Gasteiger partial charge in [0, 0.05) is 18.7 Å². The van der Waals surface area contributed by atoms with Crippen LogP contribution in [0.2, 0.25) is 0 Å². The number of rotatable bonds is 6. The molecule has 0 aliphatic carbocycles. The predicted molar refractivity (Wildman–Crippen MR) is 122 cm³/mol. The van der Waals surface area contributed by atoms with Gasteiger partial charge in [-0.3, -0.25) is 9.59 Å². The van der Waals surface area contributed by atoms with Crippen LogP contribution in [0, 0.1) is 6.92 Å². The molecule has 1 N–H and O–H groups in total. The number of carbonyl (C=O) groups excluding carboxylic acids is 2. The standard InChI is InChI=1S/C25H33N3O3/c1-17-10-12-20(13-11-17)18(2)24(29)26-19(3)25(30)28-14-21-8-6-7-9-23(21)31-16-22(28)15-27(4)5/h6-13,18-19,22H,14-16H2,1-5H3,(H,26,29)/t18-,19+,22+/m0/s1. The van der Waals surface area contributed by atoms with E-state index in [2.05, 4.69) is 5.32 Å². The van der Waals surface area contributed by atoms with Gasteiger partial charge in [-0.2, -0.15) is 0 Å². The summed E-state index contributed by atoms with van der Waals surface area (Å²) in [6.07, 6.45) is 0. The van der Waals surface area contributed by atoms with Crippen molar-refractivity contribution in [2.75, 3.05) is 27.2 Å². The van der Waals surface area contributed by atoms with E-state index in [1.807, 2.05) is 86.3 Å². The number of hydrogen-bond donors (Lipinski definition) is 1. The maximum atomic E-state index is 13.4. The lowest BCUT2D eigenvalue weighted by Crippen LogP contribution is -2.54. The summed E-state index contributed by atoms with van der Waals surface area (Å²) in [5.41, 5.74) is 3.06. The number of carbonyl (C=O) groups is 2. The molecule has 166 valence electrons. The molecule has 0 spiro atoms. The van der Waals surface area contributed by atoms with Gasteiger partial charge in [0.05, 0.1) is 12.0 Å². The summed E-state index contributed by atoms with van der Waals surface area (Å²) >= 11 is 0. The Morgan fingerprint density at radius 2 is 1.81 bits per heavy atom. The van der Waals surface area contributed by atoms with Crippen LogP contribution in [0.3, 0.4) is 0 Å². The minimum Gasteiger partial charge on any atom is -0.491 e. The monoisotopic (exact) mass is 423 g/mol. The van der Waals surface area contributed by atoms with Crippen LogP contribution in [-0.4, -0.2) is 60.9 Å². The number of hydrogen-bond acceptors (Lipinski definition) is 4. The van der Waals surface area contributed by atoms with Crippen LogP contribution in [0.4, 0.5) is 0 Å². The zero-order valence-electron chi connectivity index (χ0n) is 19.1. The number of fused-ring (bicyclic) bond motifs is 1. The van der Waals surface area contributed by atoms with Crippen molar-refractivity contribution in [3.05, 3.63) is 65.2 Å². The van der Waals surface area contributed by atoms with Gasteiger partial charge >= 0.3 is 0 Å². The van der Waals surface area contributed by atoms with Crippen LogP contribution < -0.4 is 10.1 Å². The lowest BCUT2D eigenvalue weighted by Gasteiger charge is -2.33. The second-order valence-corrected chi connectivity index (χ2v) is 8.66. The highest BCUT2D eigenvalue weighted by Gasteiger charge is 2.32. The number of nitrogens with one attached hydrogen (secondary N) is 1. The molecule has 6 heteroatoms. The quantitative estimate of drug-likeness (QED) is 0.776. The van der Waals surface area contributed by atoms with Gasteiger partial charge in [-0.1, -0.05) is 48.0 Å². The van der Waals surface area contributed by atoms with Gasteiger partial charge in [-0.05, 0) is 46.5 Å². The third kappa shape index (κ3) is 5.64. The summed E-state index contributed by atoms with van der Waals surface area (Å²) in [5.74, 6) is 0.227. The van der Waals surface area contributed by atoms with Gasteiger partial charge in [0.2, 0.25) is 11.8 Å². The summed E-state index contributed by atoms with van der Waals surface area (Å²) in [4.78, 5) is 30.2. The van der Waals surface area contributed by atoms with Crippen LogP contribution in [0.25, 0.3) is 0 Å². The van der Waals surface area contributed by atoms with Gasteiger partial charge < -0.3 is 19.9 Å². The van der Waals surface area contributed by atoms with Crippen molar-refractivity contribution in [2.45, 2.75) is 45.3 Å². The smallest absolute Gasteiger partial charge is 0.245 e. The Morgan fingerprint density at radius 3 is 2.48 bits per heavy atom. The van der Waals surface area contributed by atoms with Crippen molar-refractivity contribution < 1.29 is 14.3 Å². The number of ether oxygens (including phenoxy) is 1. The molecule has 1 aliphatic heterocycles. The van der Waals surface area contributed by atoms with Crippen molar-refractivity contribution >= 4 is 11.8 Å². The molecule has 0 unspecified atom stereocenters. The first-order valence-electron chi connectivity index (χ1n) is 10.8. The fourth-order valence-corrected chi connectivity index (χ4v) is 3.85. The van der Waals surface area contributed by atoms with E-state index in [9.17, 15) is 9.59 Å². The second-order valence-electron chi connectivity index (χ2n) is 8.66. The Morgan fingerprint density at radius 1 is 1.13 bits per heavy atom. The molecule has 1 heterocycles. The minimum absolute atomic E-state index is 0.100. The Kier molecular flexibility index (Phi) is 7.33. The molecular weight excluding hydrogens is 390 g/mol. The molecule has 2 aromatic carbocycles. The summed E-state index contributed by atoms with van der Waals surface area (Å²) in [5, 5.41) is 2.92. The highest BCUT2D eigenvalue weighted by atomic mass is 16.5. The molecule has 2 aromatic rings. The fourth-order valence-electron chi connectivity index (χ4n) is 3.85. The molecule has 2 amide bonds. The number of aryl methyl sites for hydroxylation is 1. The molecule has 0 saturated heterocycles. The maximum absolute atomic E-state index is 13.4. The van der Waals surface area contributed by atoms with Crippen LogP contribution >= 0.6 is 0 Å². The summed E-state index contributed by atoms with van der Waals surface area (Å²) in [6.45, 7) is 7.19. The molecule has 3 atom stereocenters. The van der Waals surface area contributed by atoms with Crippen molar-refractivity contribution in [2.24, 2.45) is 0 Å². The van der Waals surface area contributed by atoms with E-state index in [-0.39, 0.29) is 23.8 Å². The number of para-hydroxylation sites is 1. The molecule has 6 nitrogen and oxygen atoms in total. The van der Waals surface area contributed by atoms with Crippen molar-refractivity contribution in [1.82, 2.24) is 15.1 Å². The molecule has 0 fully saturated rings. The molecule has 1 aliphatic rings. The van der Waals surface area contributed by atoms with E-state index < -0.39 is 6.04 Å². The summed E-state index contributed by atoms with van der Waals surface area (Å²) in [7, 11) is 3.96. The Hall–Kier alpha value is -2.86. The van der Waals surface area contributed by atoms with Crippen LogP contribution in [0.5, 0.6) is 5.75 Å². The molecular formula is C25H33N3O3. The lowest BCUT2D eigenvalue weighted by atomic mass is 9.99. The zero-order chi connectivity index (χ0) is 22.5. The largest absolute Gasteiger partial charge is 0.491 e. The molecule has 0 bridgehead atoms. The molecule has 31 heavy (non-hydrogen) atoms. The zero-order valence-corrected chi connectivity index (χ0v) is 19.1. The van der Waals surface area contributed by atoms with E-state index in [1.54, 1.807) is 6.92 Å². The Bertz CT molecular complexity index is 910. The van der Waals surface area contributed by atoms with Gasteiger partial charge in [0.1, 0.15) is 18.4 Å². The average Bonchev–Trinajstić information content (AvgIpc) is 2.92. The first-order chi connectivity index (χ1) is 14.8. The van der Waals surface area contributed by atoms with Crippen LogP contribution in [0.15, 0.2) is 48.5 Å². The highest BCUT2D eigenvalue weighted by Crippen LogP contribution is 2.25. The van der Waals surface area contributed by atoms with Gasteiger partial charge in [0.25, 0.3) is 0 Å². The van der Waals surface area contributed by atoms with Gasteiger partial charge in [-0.15, -0.1) is 0 Å². The maximum Gasteiger partial charge on any atom is 0.245 e. The van der Waals surface area contributed by atoms with Crippen molar-refractivity contribution in [3.8, 4) is 5.75 Å². The molecule has 3 rings (SSSR count). The van der Waals surface area contributed by atoms with E-state index in [0.29, 0.717) is 19.7 Å². The Labute approximate surface area is 185 Å². The second kappa shape index (κ2) is 9.96. The lowest BCUT2D eigenvalue weighted by molar-refractivity contribution is -0.139. The van der Waals surface area contributed by atoms with E-state index in [1.165, 1.54) is 0 Å². The molecule has 0 saturated carbocycles. The predicted octanol–water partition coefficient (Wildman–Crippen LogP) is 2.95. The van der Waals surface area contributed by atoms with Gasteiger partial charge in [0.15, 0.2) is 0 Å². The topological polar surface area (TPSA) is 61.9 Å². The third-order valence-electron chi connectivity index (χ3n) is 5.74. The minimum atomic E-state index is -0.629. The molecule has 0 radical (unpaired) electrons. The fraction of sp³-hybridized carbons (Fsp3) is 0.440. The van der Waals surface area contributed by atoms with Crippen molar-refractivity contribution in [1.29, 1.82) is 0 Å². The number of amides is 2. The van der Waals surface area contributed by atoms with Gasteiger partial charge in [-0.25, -0.2) is 0 Å². The van der Waals surface area contributed by atoms with E-state index in [4.69, 9.17) is 4.74 Å². The normalized spacial score (nSPS) is 17.9. The SMILES string of the molecule is Cc1ccc([C@H](C)C(=O)N[C@H](C)C(=O)N2Cc3ccccc3OC[C@H]2CN(C)C)cc1. The van der Waals surface area contributed by atoms with E-state index >= 15 is 0 Å². The average molecular weight is 424 g/mol. The third-order valence-corrected chi connectivity index (χ3v) is 5.74. The Balaban J connectivity index is 1.74.